The Balaban J connectivity index is 0.00000374. The molecule has 0 atom stereocenters. The summed E-state index contributed by atoms with van der Waals surface area (Å²) in [6, 6.07) is 58.5. The van der Waals surface area contributed by atoms with E-state index in [0.717, 1.165) is 66.5 Å². The van der Waals surface area contributed by atoms with Gasteiger partial charge in [-0.1, -0.05) is 72.2 Å². The van der Waals surface area contributed by atoms with Gasteiger partial charge in [-0.15, -0.1) is 48.1 Å². The number of pyridine rings is 1. The maximum Gasteiger partial charge on any atom is 0.143 e. The van der Waals surface area contributed by atoms with Gasteiger partial charge in [0.25, 0.3) is 0 Å². The molecular formula is C50H32N5OPt-3. The Morgan fingerprint density at radius 2 is 1.18 bits per heavy atom. The maximum absolute atomic E-state index is 6.66. The molecular weight excluding hydrogens is 882 g/mol. The van der Waals surface area contributed by atoms with Gasteiger partial charge in [-0.25, -0.2) is 4.98 Å². The molecule has 57 heavy (non-hydrogen) atoms. The van der Waals surface area contributed by atoms with Crippen LogP contribution in [0.1, 0.15) is 11.1 Å². The zero-order valence-electron chi connectivity index (χ0n) is 31.0. The largest absolute Gasteiger partial charge is 0.509 e. The first-order valence-electron chi connectivity index (χ1n) is 18.9. The Labute approximate surface area is 343 Å². The van der Waals surface area contributed by atoms with Crippen molar-refractivity contribution in [2.45, 2.75) is 13.8 Å². The number of para-hydroxylation sites is 4. The van der Waals surface area contributed by atoms with Crippen molar-refractivity contribution in [1.82, 2.24) is 13.8 Å². The van der Waals surface area contributed by atoms with Gasteiger partial charge < -0.3 is 23.3 Å². The average molecular weight is 914 g/mol. The van der Waals surface area contributed by atoms with Crippen LogP contribution in [-0.4, -0.2) is 13.8 Å². The fourth-order valence-electron chi connectivity index (χ4n) is 8.83. The third-order valence-electron chi connectivity index (χ3n) is 11.5. The molecule has 0 N–H and O–H groups in total. The number of anilines is 4. The quantitative estimate of drug-likeness (QED) is 0.165. The van der Waals surface area contributed by atoms with Crippen molar-refractivity contribution in [2.24, 2.45) is 0 Å². The van der Waals surface area contributed by atoms with E-state index in [1.807, 2.05) is 36.5 Å². The number of aryl methyl sites for hydroxylation is 2. The van der Waals surface area contributed by atoms with Gasteiger partial charge >= 0.3 is 0 Å². The van der Waals surface area contributed by atoms with Crippen molar-refractivity contribution in [1.29, 1.82) is 0 Å². The van der Waals surface area contributed by atoms with E-state index in [9.17, 15) is 0 Å². The van der Waals surface area contributed by atoms with Gasteiger partial charge in [0.2, 0.25) is 0 Å². The van der Waals surface area contributed by atoms with Gasteiger partial charge in [-0.05, 0) is 78.9 Å². The molecule has 0 unspecified atom stereocenters. The van der Waals surface area contributed by atoms with Crippen LogP contribution in [0, 0.1) is 32.6 Å². The Kier molecular flexibility index (Phi) is 7.51. The number of ether oxygens (including phenoxy) is 1. The molecule has 0 bridgehead atoms. The van der Waals surface area contributed by atoms with Gasteiger partial charge in [0.05, 0.1) is 22.1 Å². The smallest absolute Gasteiger partial charge is 0.143 e. The minimum Gasteiger partial charge on any atom is -0.509 e. The van der Waals surface area contributed by atoms with E-state index in [4.69, 9.17) is 9.72 Å². The van der Waals surface area contributed by atoms with E-state index in [1.54, 1.807) is 0 Å². The Morgan fingerprint density at radius 1 is 0.526 bits per heavy atom. The SMILES string of the molecule is Cc1cc2c(cc1C)N(c1ccccc1)[CH-]N2c1[c-]c(Oc2[c-]c3c(cc2)c2cccc4c2n3c2ncccc2c2cccc3c5ccccc5n4c32)ccc1.[Pt]. The molecule has 0 aliphatic carbocycles. The first-order valence-corrected chi connectivity index (χ1v) is 18.9. The van der Waals surface area contributed by atoms with E-state index < -0.39 is 0 Å². The van der Waals surface area contributed by atoms with Crippen LogP contribution < -0.4 is 14.5 Å². The Bertz CT molecular complexity index is 3420. The number of benzene rings is 7. The fraction of sp³-hybridized carbons (Fsp3) is 0.0400. The van der Waals surface area contributed by atoms with Crippen LogP contribution in [0.3, 0.4) is 0 Å². The molecule has 0 saturated heterocycles. The first kappa shape index (κ1) is 33.7. The second kappa shape index (κ2) is 12.7. The molecule has 0 radical (unpaired) electrons. The molecule has 4 aromatic heterocycles. The van der Waals surface area contributed by atoms with Crippen LogP contribution in [0.4, 0.5) is 22.7 Å². The summed E-state index contributed by atoms with van der Waals surface area (Å²) in [6.45, 7) is 6.46. The van der Waals surface area contributed by atoms with Crippen LogP contribution in [0.25, 0.3) is 65.5 Å². The Morgan fingerprint density at radius 3 is 2.02 bits per heavy atom. The summed E-state index contributed by atoms with van der Waals surface area (Å²) in [6.07, 6.45) is 1.88. The molecule has 0 amide bonds. The second-order valence-corrected chi connectivity index (χ2v) is 14.6. The molecule has 0 fully saturated rings. The van der Waals surface area contributed by atoms with Crippen LogP contribution in [-0.2, 0) is 21.1 Å². The summed E-state index contributed by atoms with van der Waals surface area (Å²) in [5.74, 6) is 1.21. The molecule has 6 nitrogen and oxygen atoms in total. The van der Waals surface area contributed by atoms with Gasteiger partial charge in [-0.2, -0.15) is 12.1 Å². The molecule has 11 aromatic rings. The number of fused-ring (bicyclic) bond motifs is 11. The molecule has 0 spiro atoms. The predicted octanol–water partition coefficient (Wildman–Crippen LogP) is 12.8. The predicted molar refractivity (Wildman–Crippen MR) is 229 cm³/mol. The van der Waals surface area contributed by atoms with Crippen molar-refractivity contribution in [3.63, 3.8) is 0 Å². The van der Waals surface area contributed by atoms with Gasteiger partial charge in [0.1, 0.15) is 5.65 Å². The zero-order valence-corrected chi connectivity index (χ0v) is 33.2. The summed E-state index contributed by atoms with van der Waals surface area (Å²) in [4.78, 5) is 9.51. The van der Waals surface area contributed by atoms with E-state index in [1.165, 1.54) is 32.9 Å². The number of hydrogen-bond donors (Lipinski definition) is 0. The normalized spacial score (nSPS) is 12.8. The van der Waals surface area contributed by atoms with Gasteiger partial charge in [-0.3, -0.25) is 0 Å². The van der Waals surface area contributed by atoms with E-state index in [-0.39, 0.29) is 21.1 Å². The number of rotatable bonds is 4. The van der Waals surface area contributed by atoms with Crippen LogP contribution in [0.5, 0.6) is 11.5 Å². The maximum atomic E-state index is 6.66. The molecule has 5 heterocycles. The topological polar surface area (TPSA) is 37.4 Å². The third kappa shape index (κ3) is 4.90. The number of hydrogen-bond acceptors (Lipinski definition) is 4. The van der Waals surface area contributed by atoms with Crippen LogP contribution in [0.15, 0.2) is 152 Å². The molecule has 7 aromatic carbocycles. The minimum absolute atomic E-state index is 0. The molecule has 1 aliphatic heterocycles. The molecule has 276 valence electrons. The molecule has 7 heteroatoms. The number of aromatic nitrogens is 3. The van der Waals surface area contributed by atoms with Crippen molar-refractivity contribution in [2.75, 3.05) is 9.80 Å². The second-order valence-electron chi connectivity index (χ2n) is 14.6. The monoisotopic (exact) mass is 913 g/mol. The molecule has 12 rings (SSSR count). The van der Waals surface area contributed by atoms with Crippen LogP contribution in [0.2, 0.25) is 0 Å². The van der Waals surface area contributed by atoms with Crippen molar-refractivity contribution < 1.29 is 25.8 Å². The van der Waals surface area contributed by atoms with Crippen LogP contribution >= 0.6 is 0 Å². The van der Waals surface area contributed by atoms with E-state index >= 15 is 0 Å². The summed E-state index contributed by atoms with van der Waals surface area (Å²) in [5, 5.41) is 6.87. The Hall–Kier alpha value is -6.62. The van der Waals surface area contributed by atoms with Gasteiger partial charge in [0.15, 0.2) is 0 Å². The number of nitrogens with zero attached hydrogens (tertiary/aromatic N) is 5. The molecule has 0 saturated carbocycles. The summed E-state index contributed by atoms with van der Waals surface area (Å²) in [7, 11) is 0. The fourth-order valence-corrected chi connectivity index (χ4v) is 8.83. The third-order valence-corrected chi connectivity index (χ3v) is 11.5. The van der Waals surface area contributed by atoms with E-state index in [2.05, 4.69) is 167 Å². The van der Waals surface area contributed by atoms with Crippen molar-refractivity contribution in [3.05, 3.63) is 182 Å². The first-order chi connectivity index (χ1) is 27.6. The summed E-state index contributed by atoms with van der Waals surface area (Å²) < 4.78 is 11.4. The van der Waals surface area contributed by atoms with Crippen molar-refractivity contribution >= 4 is 88.3 Å². The average Bonchev–Trinajstić information content (AvgIpc) is 3.88. The standard InChI is InChI=1S/C50H32N5O.Pt/c1-31-26-46-47(27-32(31)2)53(30-52(46)33-12-4-3-5-13-33)34-14-8-15-35(28-34)56-36-23-24-38-40-19-10-22-44-49(40)55(45(38)29-36)50-42(20-11-25-51-50)41-18-9-17-39-37-16-6-7-21-43(37)54(44)48(39)41;/h3-27,30H,1-2H3;/q-3;. The molecule has 1 aliphatic rings. The zero-order chi connectivity index (χ0) is 37.1. The van der Waals surface area contributed by atoms with Crippen molar-refractivity contribution in [3.8, 4) is 11.5 Å². The summed E-state index contributed by atoms with van der Waals surface area (Å²) in [5.41, 5.74) is 13.0. The van der Waals surface area contributed by atoms with Gasteiger partial charge in [0, 0.05) is 77.4 Å². The summed E-state index contributed by atoms with van der Waals surface area (Å²) >= 11 is 0. The minimum atomic E-state index is 0. The van der Waals surface area contributed by atoms with E-state index in [0.29, 0.717) is 11.5 Å².